The molecule has 29 heavy (non-hydrogen) atoms. The molecule has 0 spiro atoms. The Labute approximate surface area is 175 Å². The lowest BCUT2D eigenvalue weighted by atomic mass is 9.92. The van der Waals surface area contributed by atoms with Crippen molar-refractivity contribution >= 4 is 29.7 Å². The molecule has 2 fully saturated rings. The largest absolute Gasteiger partial charge is 0.453 e. The molecule has 3 amide bonds. The van der Waals surface area contributed by atoms with Crippen molar-refractivity contribution in [1.82, 2.24) is 9.80 Å². The second-order valence-corrected chi connectivity index (χ2v) is 7.84. The van der Waals surface area contributed by atoms with Gasteiger partial charge >= 0.3 is 12.2 Å². The third kappa shape index (κ3) is 5.01. The second kappa shape index (κ2) is 9.96. The van der Waals surface area contributed by atoms with Crippen LogP contribution in [0.5, 0.6) is 0 Å². The van der Waals surface area contributed by atoms with Crippen LogP contribution in [0.2, 0.25) is 0 Å². The Balaban J connectivity index is 1.71. The van der Waals surface area contributed by atoms with Gasteiger partial charge in [0.05, 0.1) is 19.1 Å². The number of amides is 3. The second-order valence-electron chi connectivity index (χ2n) is 7.53. The van der Waals surface area contributed by atoms with E-state index >= 15 is 0 Å². The van der Waals surface area contributed by atoms with E-state index in [4.69, 9.17) is 21.1 Å². The number of likely N-dealkylation sites (tertiary alicyclic amines) is 1. The molecule has 2 aliphatic rings. The van der Waals surface area contributed by atoms with Gasteiger partial charge in [-0.25, -0.2) is 14.5 Å². The zero-order chi connectivity index (χ0) is 20.8. The number of methoxy groups -OCH3 is 1. The van der Waals surface area contributed by atoms with Crippen LogP contribution in [0.25, 0.3) is 0 Å². The van der Waals surface area contributed by atoms with Crippen LogP contribution >= 0.6 is 11.6 Å². The molecular formula is C21H27ClN2O5. The molecule has 0 unspecified atom stereocenters. The van der Waals surface area contributed by atoms with Crippen LogP contribution in [-0.2, 0) is 20.7 Å². The van der Waals surface area contributed by atoms with Gasteiger partial charge in [0.1, 0.15) is 6.61 Å². The van der Waals surface area contributed by atoms with Crippen LogP contribution in [0.3, 0.4) is 0 Å². The SMILES string of the molecule is COC(=O)N1CCCC[C@@H]1C[C@@H](CCl)C(=O)N1C(=O)OC[C@@H]1Cc1ccccc1. The van der Waals surface area contributed by atoms with Crippen molar-refractivity contribution in [1.29, 1.82) is 0 Å². The fourth-order valence-corrected chi connectivity index (χ4v) is 4.38. The van der Waals surface area contributed by atoms with Gasteiger partial charge in [-0.3, -0.25) is 4.79 Å². The molecule has 2 saturated heterocycles. The van der Waals surface area contributed by atoms with Crippen molar-refractivity contribution in [3.8, 4) is 0 Å². The molecule has 2 heterocycles. The molecule has 3 rings (SSSR count). The summed E-state index contributed by atoms with van der Waals surface area (Å²) >= 11 is 6.14. The number of carbonyl (C=O) groups is 3. The summed E-state index contributed by atoms with van der Waals surface area (Å²) in [5.41, 5.74) is 1.03. The molecular weight excluding hydrogens is 396 g/mol. The molecule has 1 aromatic carbocycles. The Morgan fingerprint density at radius 3 is 2.69 bits per heavy atom. The lowest BCUT2D eigenvalue weighted by molar-refractivity contribution is -0.133. The maximum atomic E-state index is 13.2. The first-order chi connectivity index (χ1) is 14.0. The number of imide groups is 1. The Hall–Kier alpha value is -2.28. The van der Waals surface area contributed by atoms with E-state index in [2.05, 4.69) is 0 Å². The Morgan fingerprint density at radius 1 is 1.24 bits per heavy atom. The topological polar surface area (TPSA) is 76.2 Å². The van der Waals surface area contributed by atoms with E-state index in [0.29, 0.717) is 19.4 Å². The first-order valence-electron chi connectivity index (χ1n) is 9.99. The summed E-state index contributed by atoms with van der Waals surface area (Å²) in [6.45, 7) is 0.773. The standard InChI is InChI=1S/C21H27ClN2O5/c1-28-20(26)23-10-6-5-9-17(23)12-16(13-22)19(25)24-18(14-29-21(24)27)11-15-7-3-2-4-8-15/h2-4,7-8,16-18H,5-6,9-14H2,1H3/t16-,17+,18-/m0/s1. The van der Waals surface area contributed by atoms with E-state index in [1.807, 2.05) is 30.3 Å². The van der Waals surface area contributed by atoms with Crippen LogP contribution in [0.1, 0.15) is 31.2 Å². The number of hydrogen-bond acceptors (Lipinski definition) is 5. The number of rotatable bonds is 6. The van der Waals surface area contributed by atoms with Gasteiger partial charge in [-0.1, -0.05) is 30.3 Å². The van der Waals surface area contributed by atoms with E-state index in [-0.39, 0.29) is 30.5 Å². The van der Waals surface area contributed by atoms with Crippen LogP contribution in [0.4, 0.5) is 9.59 Å². The summed E-state index contributed by atoms with van der Waals surface area (Å²) in [5, 5.41) is 0. The highest BCUT2D eigenvalue weighted by atomic mass is 35.5. The number of piperidine rings is 1. The monoisotopic (exact) mass is 422 g/mol. The van der Waals surface area contributed by atoms with Crippen molar-refractivity contribution in [2.75, 3.05) is 26.1 Å². The minimum atomic E-state index is -0.625. The summed E-state index contributed by atoms with van der Waals surface area (Å²) in [4.78, 5) is 40.5. The van der Waals surface area contributed by atoms with Gasteiger partial charge in [-0.15, -0.1) is 11.6 Å². The molecule has 8 heteroatoms. The first kappa shape index (κ1) is 21.4. The lowest BCUT2D eigenvalue weighted by Crippen LogP contribution is -2.48. The third-order valence-corrected chi connectivity index (χ3v) is 6.01. The van der Waals surface area contributed by atoms with E-state index in [0.717, 1.165) is 24.8 Å². The summed E-state index contributed by atoms with van der Waals surface area (Å²) in [6.07, 6.45) is 2.59. The Morgan fingerprint density at radius 2 is 2.00 bits per heavy atom. The maximum Gasteiger partial charge on any atom is 0.416 e. The van der Waals surface area contributed by atoms with Crippen LogP contribution in [0.15, 0.2) is 30.3 Å². The van der Waals surface area contributed by atoms with E-state index in [9.17, 15) is 14.4 Å². The smallest absolute Gasteiger partial charge is 0.416 e. The molecule has 0 saturated carbocycles. The van der Waals surface area contributed by atoms with Gasteiger partial charge in [0.2, 0.25) is 5.91 Å². The molecule has 1 aromatic rings. The summed E-state index contributed by atoms with van der Waals surface area (Å²) < 4.78 is 10.1. The highest BCUT2D eigenvalue weighted by Gasteiger charge is 2.42. The number of carbonyl (C=O) groups excluding carboxylic acids is 3. The van der Waals surface area contributed by atoms with Crippen molar-refractivity contribution in [2.45, 2.75) is 44.2 Å². The average Bonchev–Trinajstić information content (AvgIpc) is 3.11. The minimum absolute atomic E-state index is 0.0756. The molecule has 0 N–H and O–H groups in total. The maximum absolute atomic E-state index is 13.2. The van der Waals surface area contributed by atoms with Crippen molar-refractivity contribution in [2.24, 2.45) is 5.92 Å². The fourth-order valence-electron chi connectivity index (χ4n) is 4.13. The third-order valence-electron chi connectivity index (χ3n) is 5.64. The van der Waals surface area contributed by atoms with Crippen LogP contribution in [0, 0.1) is 5.92 Å². The van der Waals surface area contributed by atoms with E-state index in [1.54, 1.807) is 4.90 Å². The normalized spacial score (nSPS) is 22.9. The van der Waals surface area contributed by atoms with Gasteiger partial charge in [0.15, 0.2) is 0 Å². The molecule has 7 nitrogen and oxygen atoms in total. The van der Waals surface area contributed by atoms with Gasteiger partial charge in [0.25, 0.3) is 0 Å². The average molecular weight is 423 g/mol. The molecule has 3 atom stereocenters. The molecule has 158 valence electrons. The number of cyclic esters (lactones) is 1. The van der Waals surface area contributed by atoms with Gasteiger partial charge in [0, 0.05) is 18.5 Å². The first-order valence-corrected chi connectivity index (χ1v) is 10.5. The highest BCUT2D eigenvalue weighted by molar-refractivity contribution is 6.19. The Kier molecular flexibility index (Phi) is 7.36. The minimum Gasteiger partial charge on any atom is -0.453 e. The molecule has 2 aliphatic heterocycles. The molecule has 0 aromatic heterocycles. The predicted octanol–water partition coefficient (Wildman–Crippen LogP) is 3.44. The van der Waals surface area contributed by atoms with Gasteiger partial charge in [-0.2, -0.15) is 0 Å². The van der Waals surface area contributed by atoms with Crippen molar-refractivity contribution < 1.29 is 23.9 Å². The van der Waals surface area contributed by atoms with Crippen molar-refractivity contribution in [3.63, 3.8) is 0 Å². The number of halogens is 1. The molecule has 0 aliphatic carbocycles. The van der Waals surface area contributed by atoms with E-state index < -0.39 is 18.1 Å². The number of alkyl halides is 1. The predicted molar refractivity (Wildman–Crippen MR) is 108 cm³/mol. The van der Waals surface area contributed by atoms with Gasteiger partial charge < -0.3 is 14.4 Å². The number of hydrogen-bond donors (Lipinski definition) is 0. The number of nitrogens with zero attached hydrogens (tertiary/aromatic N) is 2. The number of ether oxygens (including phenoxy) is 2. The Bertz CT molecular complexity index is 729. The zero-order valence-corrected chi connectivity index (χ0v) is 17.3. The fraction of sp³-hybridized carbons (Fsp3) is 0.571. The molecule has 0 bridgehead atoms. The summed E-state index contributed by atoms with van der Waals surface area (Å²) in [6, 6.07) is 9.20. The van der Waals surface area contributed by atoms with Crippen LogP contribution in [-0.4, -0.2) is 66.1 Å². The zero-order valence-electron chi connectivity index (χ0n) is 16.6. The quantitative estimate of drug-likeness (QED) is 0.656. The highest BCUT2D eigenvalue weighted by Crippen LogP contribution is 2.27. The van der Waals surface area contributed by atoms with Crippen molar-refractivity contribution in [3.05, 3.63) is 35.9 Å². The van der Waals surface area contributed by atoms with Crippen LogP contribution < -0.4 is 0 Å². The summed E-state index contributed by atoms with van der Waals surface area (Å²) in [5.74, 6) is -0.832. The lowest BCUT2D eigenvalue weighted by Gasteiger charge is -2.36. The van der Waals surface area contributed by atoms with E-state index in [1.165, 1.54) is 12.0 Å². The molecule has 0 radical (unpaired) electrons. The number of benzene rings is 1. The summed E-state index contributed by atoms with van der Waals surface area (Å²) in [7, 11) is 1.35. The van der Waals surface area contributed by atoms with Gasteiger partial charge in [-0.05, 0) is 37.7 Å².